The summed E-state index contributed by atoms with van der Waals surface area (Å²) in [5.41, 5.74) is 0.653. The molecule has 12 heavy (non-hydrogen) atoms. The van der Waals surface area contributed by atoms with Crippen LogP contribution in [-0.4, -0.2) is 23.7 Å². The molecule has 0 bridgehead atoms. The van der Waals surface area contributed by atoms with E-state index in [1.165, 1.54) is 11.3 Å². The number of rotatable bonds is 3. The van der Waals surface area contributed by atoms with Crippen LogP contribution in [0.3, 0.4) is 0 Å². The molecule has 0 aliphatic rings. The van der Waals surface area contributed by atoms with Gasteiger partial charge in [0.1, 0.15) is 0 Å². The van der Waals surface area contributed by atoms with Crippen molar-refractivity contribution in [3.8, 4) is 0 Å². The van der Waals surface area contributed by atoms with E-state index < -0.39 is 0 Å². The molecule has 1 aromatic rings. The number of carbonyl (C=O) groups is 1. The van der Waals surface area contributed by atoms with Crippen LogP contribution in [-0.2, 0) is 0 Å². The third kappa shape index (κ3) is 2.32. The Balaban J connectivity index is 2.50. The van der Waals surface area contributed by atoms with Gasteiger partial charge in [0, 0.05) is 17.0 Å². The first-order chi connectivity index (χ1) is 5.74. The highest BCUT2D eigenvalue weighted by atomic mass is 32.1. The lowest BCUT2D eigenvalue weighted by atomic mass is 10.3. The Hall–Kier alpha value is -0.870. The van der Waals surface area contributed by atoms with Crippen LogP contribution in [0.25, 0.3) is 0 Å². The highest BCUT2D eigenvalue weighted by Crippen LogP contribution is 2.05. The fourth-order valence-electron chi connectivity index (χ4n) is 0.746. The third-order valence-electron chi connectivity index (χ3n) is 1.43. The van der Waals surface area contributed by atoms with Gasteiger partial charge in [-0.2, -0.15) is 11.3 Å². The summed E-state index contributed by atoms with van der Waals surface area (Å²) in [5.74, 6) is -0.127. The Kier molecular flexibility index (Phi) is 3.25. The number of hydrogen-bond donors (Lipinski definition) is 2. The summed E-state index contributed by atoms with van der Waals surface area (Å²) in [5, 5.41) is 14.9. The first-order valence-electron chi connectivity index (χ1n) is 3.68. The van der Waals surface area contributed by atoms with Gasteiger partial charge < -0.3 is 10.4 Å². The molecule has 0 unspecified atom stereocenters. The van der Waals surface area contributed by atoms with Crippen LogP contribution in [0.15, 0.2) is 16.8 Å². The van der Waals surface area contributed by atoms with Crippen LogP contribution >= 0.6 is 11.3 Å². The molecule has 2 N–H and O–H groups in total. The van der Waals surface area contributed by atoms with Crippen LogP contribution < -0.4 is 5.32 Å². The van der Waals surface area contributed by atoms with Crippen molar-refractivity contribution in [1.29, 1.82) is 0 Å². The van der Waals surface area contributed by atoms with Crippen molar-refractivity contribution < 1.29 is 9.90 Å². The van der Waals surface area contributed by atoms with Crippen molar-refractivity contribution in [2.24, 2.45) is 0 Å². The predicted octanol–water partition coefficient (Wildman–Crippen LogP) is 0.859. The van der Waals surface area contributed by atoms with Gasteiger partial charge in [-0.15, -0.1) is 0 Å². The summed E-state index contributed by atoms with van der Waals surface area (Å²) in [4.78, 5) is 11.3. The second-order valence-electron chi connectivity index (χ2n) is 2.57. The molecule has 0 spiro atoms. The van der Waals surface area contributed by atoms with Crippen LogP contribution in [0.1, 0.15) is 17.3 Å². The Morgan fingerprint density at radius 2 is 2.58 bits per heavy atom. The van der Waals surface area contributed by atoms with Gasteiger partial charge in [-0.05, 0) is 18.4 Å². The molecule has 0 fully saturated rings. The Bertz CT molecular complexity index is 246. The van der Waals surface area contributed by atoms with Gasteiger partial charge >= 0.3 is 0 Å². The molecular weight excluding hydrogens is 174 g/mol. The van der Waals surface area contributed by atoms with Crippen molar-refractivity contribution in [2.75, 3.05) is 6.61 Å². The van der Waals surface area contributed by atoms with E-state index in [9.17, 15) is 4.79 Å². The van der Waals surface area contributed by atoms with Crippen molar-refractivity contribution in [3.63, 3.8) is 0 Å². The van der Waals surface area contributed by atoms with Crippen molar-refractivity contribution in [2.45, 2.75) is 13.0 Å². The molecular formula is C8H11NO2S. The molecule has 0 radical (unpaired) electrons. The number of aliphatic hydroxyl groups is 1. The average molecular weight is 185 g/mol. The standard InChI is InChI=1S/C8H11NO2S/c1-6(4-10)9-8(11)7-2-3-12-5-7/h2-3,5-6,10H,4H2,1H3,(H,9,11)/t6-/m1/s1. The number of amides is 1. The highest BCUT2D eigenvalue weighted by molar-refractivity contribution is 7.08. The fourth-order valence-corrected chi connectivity index (χ4v) is 1.38. The maximum Gasteiger partial charge on any atom is 0.252 e. The topological polar surface area (TPSA) is 49.3 Å². The molecule has 1 amide bonds. The molecule has 0 saturated carbocycles. The number of nitrogens with one attached hydrogen (secondary N) is 1. The van der Waals surface area contributed by atoms with Crippen LogP contribution in [0, 0.1) is 0 Å². The maximum absolute atomic E-state index is 11.3. The third-order valence-corrected chi connectivity index (χ3v) is 2.12. The molecule has 1 rings (SSSR count). The average Bonchev–Trinajstić information content (AvgIpc) is 2.56. The first-order valence-corrected chi connectivity index (χ1v) is 4.62. The minimum Gasteiger partial charge on any atom is -0.394 e. The maximum atomic E-state index is 11.3. The van der Waals surface area contributed by atoms with Crippen LogP contribution in [0.5, 0.6) is 0 Å². The summed E-state index contributed by atoms with van der Waals surface area (Å²) in [7, 11) is 0. The normalized spacial score (nSPS) is 12.5. The lowest BCUT2D eigenvalue weighted by Gasteiger charge is -2.08. The molecule has 4 heteroatoms. The van der Waals surface area contributed by atoms with Gasteiger partial charge in [-0.1, -0.05) is 0 Å². The van der Waals surface area contributed by atoms with Gasteiger partial charge in [-0.25, -0.2) is 0 Å². The van der Waals surface area contributed by atoms with Crippen molar-refractivity contribution in [3.05, 3.63) is 22.4 Å². The number of hydrogen-bond acceptors (Lipinski definition) is 3. The summed E-state index contributed by atoms with van der Waals surface area (Å²) in [6, 6.07) is 1.57. The monoisotopic (exact) mass is 185 g/mol. The summed E-state index contributed by atoms with van der Waals surface area (Å²) < 4.78 is 0. The van der Waals surface area contributed by atoms with E-state index in [1.807, 2.05) is 5.38 Å². The summed E-state index contributed by atoms with van der Waals surface area (Å²) in [6.07, 6.45) is 0. The Labute approximate surface area is 75.0 Å². The fraction of sp³-hybridized carbons (Fsp3) is 0.375. The lowest BCUT2D eigenvalue weighted by Crippen LogP contribution is -2.34. The van der Waals surface area contributed by atoms with Crippen molar-refractivity contribution >= 4 is 17.2 Å². The quantitative estimate of drug-likeness (QED) is 0.733. The zero-order valence-electron chi connectivity index (χ0n) is 6.78. The zero-order chi connectivity index (χ0) is 8.97. The second kappa shape index (κ2) is 4.23. The minimum absolute atomic E-state index is 0.0319. The molecule has 0 aliphatic carbocycles. The highest BCUT2D eigenvalue weighted by Gasteiger charge is 2.07. The van der Waals surface area contributed by atoms with Gasteiger partial charge in [0.2, 0.25) is 0 Å². The SMILES string of the molecule is C[C@H](CO)NC(=O)c1ccsc1. The number of aliphatic hydroxyl groups excluding tert-OH is 1. The molecule has 1 heterocycles. The van der Waals surface area contributed by atoms with Gasteiger partial charge in [0.05, 0.1) is 6.61 Å². The molecule has 1 atom stereocenters. The van der Waals surface area contributed by atoms with E-state index >= 15 is 0 Å². The summed E-state index contributed by atoms with van der Waals surface area (Å²) >= 11 is 1.48. The van der Waals surface area contributed by atoms with Crippen LogP contribution in [0.2, 0.25) is 0 Å². The zero-order valence-corrected chi connectivity index (χ0v) is 7.60. The molecule has 0 aliphatic heterocycles. The van der Waals surface area contributed by atoms with Crippen LogP contribution in [0.4, 0.5) is 0 Å². The van der Waals surface area contributed by atoms with Gasteiger partial charge in [0.25, 0.3) is 5.91 Å². The summed E-state index contributed by atoms with van der Waals surface area (Å²) in [6.45, 7) is 1.72. The van der Waals surface area contributed by atoms with Gasteiger partial charge in [-0.3, -0.25) is 4.79 Å². The molecule has 1 aromatic heterocycles. The Morgan fingerprint density at radius 3 is 3.08 bits per heavy atom. The van der Waals surface area contributed by atoms with E-state index in [2.05, 4.69) is 5.32 Å². The predicted molar refractivity (Wildman–Crippen MR) is 48.3 cm³/mol. The first kappa shape index (κ1) is 9.22. The second-order valence-corrected chi connectivity index (χ2v) is 3.35. The lowest BCUT2D eigenvalue weighted by molar-refractivity contribution is 0.0923. The molecule has 3 nitrogen and oxygen atoms in total. The number of carbonyl (C=O) groups excluding carboxylic acids is 1. The molecule has 66 valence electrons. The van der Waals surface area contributed by atoms with E-state index in [4.69, 9.17) is 5.11 Å². The molecule has 0 saturated heterocycles. The van der Waals surface area contributed by atoms with E-state index in [0.29, 0.717) is 5.56 Å². The minimum atomic E-state index is -0.183. The molecule has 0 aromatic carbocycles. The van der Waals surface area contributed by atoms with Gasteiger partial charge in [0.15, 0.2) is 0 Å². The van der Waals surface area contributed by atoms with E-state index in [0.717, 1.165) is 0 Å². The van der Waals surface area contributed by atoms with Crippen molar-refractivity contribution in [1.82, 2.24) is 5.32 Å². The largest absolute Gasteiger partial charge is 0.394 e. The van der Waals surface area contributed by atoms with E-state index in [1.54, 1.807) is 18.4 Å². The van der Waals surface area contributed by atoms with E-state index in [-0.39, 0.29) is 18.6 Å². The smallest absolute Gasteiger partial charge is 0.252 e. The number of thiophene rings is 1. The Morgan fingerprint density at radius 1 is 1.83 bits per heavy atom.